The average molecular weight is 262 g/mol. The van der Waals surface area contributed by atoms with Gasteiger partial charge >= 0.3 is 0 Å². The van der Waals surface area contributed by atoms with E-state index in [2.05, 4.69) is 37.4 Å². The first kappa shape index (κ1) is 12.4. The van der Waals surface area contributed by atoms with Crippen molar-refractivity contribution in [3.05, 3.63) is 0 Å². The van der Waals surface area contributed by atoms with Gasteiger partial charge in [0.15, 0.2) is 0 Å². The minimum absolute atomic E-state index is 0.545. The third kappa shape index (κ3) is 2.88. The summed E-state index contributed by atoms with van der Waals surface area (Å²) in [6.07, 6.45) is 6.21. The zero-order valence-electron chi connectivity index (χ0n) is 11.5. The summed E-state index contributed by atoms with van der Waals surface area (Å²) in [7, 11) is 0. The average Bonchev–Trinajstić information content (AvgIpc) is 2.88. The van der Waals surface area contributed by atoms with Crippen LogP contribution in [0.1, 0.15) is 39.0 Å². The molecular formula is C13H22N6. The van der Waals surface area contributed by atoms with E-state index in [1.165, 1.54) is 32.1 Å². The van der Waals surface area contributed by atoms with Crippen molar-refractivity contribution < 1.29 is 0 Å². The van der Waals surface area contributed by atoms with E-state index in [-0.39, 0.29) is 0 Å². The number of rotatable bonds is 5. The van der Waals surface area contributed by atoms with E-state index < -0.39 is 0 Å². The van der Waals surface area contributed by atoms with Gasteiger partial charge in [-0.05, 0) is 39.0 Å². The van der Waals surface area contributed by atoms with Gasteiger partial charge in [-0.25, -0.2) is 0 Å². The van der Waals surface area contributed by atoms with E-state index in [0.717, 1.165) is 31.5 Å². The quantitative estimate of drug-likeness (QED) is 0.844. The molecule has 0 aromatic carbocycles. The van der Waals surface area contributed by atoms with Gasteiger partial charge in [-0.1, -0.05) is 0 Å². The topological polar surface area (TPSA) is 66.0 Å². The molecule has 0 bridgehead atoms. The third-order valence-corrected chi connectivity index (χ3v) is 3.79. The molecule has 6 nitrogen and oxygen atoms in total. The van der Waals surface area contributed by atoms with Crippen LogP contribution in [0.25, 0.3) is 0 Å². The lowest BCUT2D eigenvalue weighted by molar-refractivity contribution is 0.443. The van der Waals surface area contributed by atoms with Crippen LogP contribution in [0.5, 0.6) is 0 Å². The molecule has 19 heavy (non-hydrogen) atoms. The van der Waals surface area contributed by atoms with Crippen molar-refractivity contribution in [2.45, 2.75) is 45.1 Å². The van der Waals surface area contributed by atoms with Gasteiger partial charge in [0.05, 0.1) is 0 Å². The summed E-state index contributed by atoms with van der Waals surface area (Å²) in [4.78, 5) is 15.8. The lowest BCUT2D eigenvalue weighted by Crippen LogP contribution is -2.29. The summed E-state index contributed by atoms with van der Waals surface area (Å²) < 4.78 is 0. The highest BCUT2D eigenvalue weighted by molar-refractivity contribution is 5.44. The minimum Gasteiger partial charge on any atom is -0.354 e. The maximum atomic E-state index is 4.57. The lowest BCUT2D eigenvalue weighted by atomic mass is 9.93. The molecule has 2 fully saturated rings. The summed E-state index contributed by atoms with van der Waals surface area (Å²) >= 11 is 0. The number of anilines is 3. The van der Waals surface area contributed by atoms with Crippen molar-refractivity contribution in [3.63, 3.8) is 0 Å². The zero-order chi connectivity index (χ0) is 13.1. The molecule has 0 atom stereocenters. The second kappa shape index (κ2) is 5.59. The van der Waals surface area contributed by atoms with Crippen LogP contribution in [0.3, 0.4) is 0 Å². The van der Waals surface area contributed by atoms with Crippen molar-refractivity contribution in [2.24, 2.45) is 0 Å². The molecule has 0 radical (unpaired) electrons. The predicted molar refractivity (Wildman–Crippen MR) is 76.7 cm³/mol. The Labute approximate surface area is 114 Å². The Morgan fingerprint density at radius 1 is 1.05 bits per heavy atom. The molecule has 0 unspecified atom stereocenters. The molecule has 1 saturated carbocycles. The second-order valence-electron chi connectivity index (χ2n) is 5.28. The molecule has 1 aliphatic carbocycles. The normalized spacial score (nSPS) is 19.3. The van der Waals surface area contributed by atoms with E-state index in [1.54, 1.807) is 0 Å². The molecule has 1 aromatic rings. The molecular weight excluding hydrogens is 240 g/mol. The zero-order valence-corrected chi connectivity index (χ0v) is 11.5. The van der Waals surface area contributed by atoms with E-state index in [9.17, 15) is 0 Å². The van der Waals surface area contributed by atoms with Gasteiger partial charge < -0.3 is 15.5 Å². The van der Waals surface area contributed by atoms with Gasteiger partial charge in [-0.2, -0.15) is 15.0 Å². The summed E-state index contributed by atoms with van der Waals surface area (Å²) in [5.41, 5.74) is 0. The fourth-order valence-corrected chi connectivity index (χ4v) is 2.46. The number of hydrogen-bond acceptors (Lipinski definition) is 6. The van der Waals surface area contributed by atoms with Crippen LogP contribution in [-0.4, -0.2) is 40.6 Å². The number of nitrogens with zero attached hydrogens (tertiary/aromatic N) is 4. The monoisotopic (exact) mass is 262 g/mol. The van der Waals surface area contributed by atoms with Gasteiger partial charge in [-0.3, -0.25) is 0 Å². The Kier molecular flexibility index (Phi) is 3.66. The van der Waals surface area contributed by atoms with Crippen molar-refractivity contribution in [1.29, 1.82) is 0 Å². The molecule has 0 spiro atoms. The smallest absolute Gasteiger partial charge is 0.231 e. The Hall–Kier alpha value is -1.59. The maximum Gasteiger partial charge on any atom is 0.231 e. The van der Waals surface area contributed by atoms with Crippen LogP contribution in [0.15, 0.2) is 0 Å². The molecule has 1 aromatic heterocycles. The molecule has 104 valence electrons. The predicted octanol–water partition coefficient (Wildman–Crippen LogP) is 1.87. The van der Waals surface area contributed by atoms with Gasteiger partial charge in [0.25, 0.3) is 0 Å². The Morgan fingerprint density at radius 2 is 1.79 bits per heavy atom. The standard InChI is InChI=1S/C13H22N6/c1-2-14-11-16-12(15-10-6-5-7-10)18-13(17-11)19-8-3-4-9-19/h10H,2-9H2,1H3,(H2,14,15,16,17,18). The molecule has 1 saturated heterocycles. The first-order valence-electron chi connectivity index (χ1n) is 7.36. The first-order chi connectivity index (χ1) is 9.35. The summed E-state index contributed by atoms with van der Waals surface area (Å²) in [6, 6.07) is 0.545. The van der Waals surface area contributed by atoms with E-state index >= 15 is 0 Å². The third-order valence-electron chi connectivity index (χ3n) is 3.79. The highest BCUT2D eigenvalue weighted by Gasteiger charge is 2.21. The van der Waals surface area contributed by atoms with E-state index in [4.69, 9.17) is 0 Å². The van der Waals surface area contributed by atoms with Crippen LogP contribution < -0.4 is 15.5 Å². The number of nitrogens with one attached hydrogen (secondary N) is 2. The molecule has 3 rings (SSSR count). The Bertz CT molecular complexity index is 425. The maximum absolute atomic E-state index is 4.57. The highest BCUT2D eigenvalue weighted by Crippen LogP contribution is 2.24. The second-order valence-corrected chi connectivity index (χ2v) is 5.28. The molecule has 2 aliphatic rings. The molecule has 2 N–H and O–H groups in total. The van der Waals surface area contributed by atoms with Crippen molar-refractivity contribution in [3.8, 4) is 0 Å². The van der Waals surface area contributed by atoms with Crippen LogP contribution in [0.2, 0.25) is 0 Å². The fourth-order valence-electron chi connectivity index (χ4n) is 2.46. The van der Waals surface area contributed by atoms with Crippen LogP contribution in [0, 0.1) is 0 Å². The lowest BCUT2D eigenvalue weighted by Gasteiger charge is -2.27. The molecule has 1 aliphatic heterocycles. The van der Waals surface area contributed by atoms with Crippen molar-refractivity contribution >= 4 is 17.8 Å². The van der Waals surface area contributed by atoms with E-state index in [0.29, 0.717) is 12.0 Å². The number of aromatic nitrogens is 3. The van der Waals surface area contributed by atoms with Crippen LogP contribution in [0.4, 0.5) is 17.8 Å². The van der Waals surface area contributed by atoms with Crippen molar-refractivity contribution in [1.82, 2.24) is 15.0 Å². The largest absolute Gasteiger partial charge is 0.354 e. The first-order valence-corrected chi connectivity index (χ1v) is 7.36. The number of hydrogen-bond donors (Lipinski definition) is 2. The van der Waals surface area contributed by atoms with E-state index in [1.807, 2.05) is 0 Å². The summed E-state index contributed by atoms with van der Waals surface area (Å²) in [6.45, 7) is 4.99. The van der Waals surface area contributed by atoms with Crippen molar-refractivity contribution in [2.75, 3.05) is 35.2 Å². The van der Waals surface area contributed by atoms with Crippen LogP contribution in [-0.2, 0) is 0 Å². The highest BCUT2D eigenvalue weighted by atomic mass is 15.3. The Balaban J connectivity index is 1.80. The fraction of sp³-hybridized carbons (Fsp3) is 0.769. The van der Waals surface area contributed by atoms with Gasteiger partial charge in [0.2, 0.25) is 17.8 Å². The van der Waals surface area contributed by atoms with Crippen LogP contribution >= 0.6 is 0 Å². The van der Waals surface area contributed by atoms with Gasteiger partial charge in [-0.15, -0.1) is 0 Å². The van der Waals surface area contributed by atoms with Gasteiger partial charge in [0, 0.05) is 25.7 Å². The summed E-state index contributed by atoms with van der Waals surface area (Å²) in [5, 5.41) is 6.60. The summed E-state index contributed by atoms with van der Waals surface area (Å²) in [5.74, 6) is 2.21. The minimum atomic E-state index is 0.545. The SMILES string of the molecule is CCNc1nc(NC2CCC2)nc(N2CCCC2)n1. The Morgan fingerprint density at radius 3 is 2.42 bits per heavy atom. The van der Waals surface area contributed by atoms with Gasteiger partial charge in [0.1, 0.15) is 0 Å². The molecule has 6 heteroatoms. The molecule has 2 heterocycles. The molecule has 0 amide bonds.